The summed E-state index contributed by atoms with van der Waals surface area (Å²) in [4.78, 5) is 24.5. The Kier molecular flexibility index (Phi) is 6.82. The number of aryl methyl sites for hydroxylation is 1. The third-order valence-corrected chi connectivity index (χ3v) is 5.50. The van der Waals surface area contributed by atoms with Crippen molar-refractivity contribution >= 4 is 16.9 Å². The number of nitrogens with one attached hydrogen (secondary N) is 1. The Labute approximate surface area is 196 Å². The summed E-state index contributed by atoms with van der Waals surface area (Å²) >= 11 is 0. The number of hydrogen-bond donors (Lipinski definition) is 1. The molecule has 7 heteroatoms. The zero-order valence-electron chi connectivity index (χ0n) is 19.2. The highest BCUT2D eigenvalue weighted by Gasteiger charge is 2.18. The molecule has 0 spiro atoms. The van der Waals surface area contributed by atoms with Crippen molar-refractivity contribution in [3.63, 3.8) is 0 Å². The van der Waals surface area contributed by atoms with Gasteiger partial charge in [-0.15, -0.1) is 0 Å². The van der Waals surface area contributed by atoms with E-state index in [4.69, 9.17) is 18.6 Å². The van der Waals surface area contributed by atoms with Gasteiger partial charge in [0.15, 0.2) is 6.61 Å². The highest BCUT2D eigenvalue weighted by molar-refractivity contribution is 5.82. The first-order chi connectivity index (χ1) is 16.5. The largest absolute Gasteiger partial charge is 0.497 e. The predicted molar refractivity (Wildman–Crippen MR) is 129 cm³/mol. The van der Waals surface area contributed by atoms with E-state index in [1.54, 1.807) is 32.4 Å². The van der Waals surface area contributed by atoms with Crippen LogP contribution in [0.4, 0.5) is 0 Å². The topological polar surface area (TPSA) is 87.0 Å². The third kappa shape index (κ3) is 5.20. The fraction of sp³-hybridized carbons (Fsp3) is 0.185. The van der Waals surface area contributed by atoms with Crippen molar-refractivity contribution in [3.05, 3.63) is 99.9 Å². The summed E-state index contributed by atoms with van der Waals surface area (Å²) < 4.78 is 21.4. The maximum atomic E-state index is 12.8. The zero-order chi connectivity index (χ0) is 24.1. The number of fused-ring (bicyclic) bond motifs is 1. The first kappa shape index (κ1) is 22.9. The molecule has 1 aromatic heterocycles. The number of carbonyl (C=O) groups is 1. The molecule has 0 saturated heterocycles. The molecule has 0 aliphatic heterocycles. The lowest BCUT2D eigenvalue weighted by Crippen LogP contribution is -2.33. The smallest absolute Gasteiger partial charge is 0.336 e. The normalized spacial score (nSPS) is 10.8. The number of ether oxygens (including phenoxy) is 3. The fourth-order valence-electron chi connectivity index (χ4n) is 3.70. The first-order valence-corrected chi connectivity index (χ1v) is 10.7. The summed E-state index contributed by atoms with van der Waals surface area (Å²) in [5.74, 6) is 1.58. The van der Waals surface area contributed by atoms with Crippen molar-refractivity contribution in [2.75, 3.05) is 20.8 Å². The molecule has 1 amide bonds. The number of methoxy groups -OCH3 is 2. The molecule has 0 bridgehead atoms. The summed E-state index contributed by atoms with van der Waals surface area (Å²) in [6.45, 7) is 1.63. The van der Waals surface area contributed by atoms with E-state index in [1.165, 1.54) is 6.07 Å². The molecule has 0 fully saturated rings. The summed E-state index contributed by atoms with van der Waals surface area (Å²) in [6, 6.07) is 21.2. The Morgan fingerprint density at radius 1 is 0.853 bits per heavy atom. The molecule has 174 valence electrons. The van der Waals surface area contributed by atoms with E-state index in [9.17, 15) is 9.59 Å². The van der Waals surface area contributed by atoms with E-state index >= 15 is 0 Å². The Bertz CT molecular complexity index is 1300. The molecule has 4 aromatic rings. The van der Waals surface area contributed by atoms with Gasteiger partial charge in [0.25, 0.3) is 5.91 Å². The van der Waals surface area contributed by atoms with Gasteiger partial charge in [-0.3, -0.25) is 4.79 Å². The molecule has 34 heavy (non-hydrogen) atoms. The third-order valence-electron chi connectivity index (χ3n) is 5.50. The highest BCUT2D eigenvalue weighted by Crippen LogP contribution is 2.26. The average molecular weight is 459 g/mol. The molecule has 0 atom stereocenters. The maximum absolute atomic E-state index is 12.8. The van der Waals surface area contributed by atoms with Crippen LogP contribution < -0.4 is 25.2 Å². The van der Waals surface area contributed by atoms with Crippen LogP contribution in [0.15, 0.2) is 82.0 Å². The Balaban J connectivity index is 1.51. The SMILES string of the molecule is COc1ccc(C(NC(=O)COc2ccc3c(C)cc(=O)oc3c2)c2ccc(OC)cc2)cc1. The maximum Gasteiger partial charge on any atom is 0.336 e. The standard InChI is InChI=1S/C27H25NO6/c1-17-14-26(30)34-24-15-22(12-13-23(17)24)33-16-25(29)28-27(18-4-8-20(31-2)9-5-18)19-6-10-21(32-3)11-7-19/h4-15,27H,16H2,1-3H3,(H,28,29). The minimum atomic E-state index is -0.429. The van der Waals surface area contributed by atoms with E-state index in [2.05, 4.69) is 5.32 Å². The number of carbonyl (C=O) groups excluding carboxylic acids is 1. The number of benzene rings is 3. The molecule has 1 heterocycles. The van der Waals surface area contributed by atoms with Crippen molar-refractivity contribution in [3.8, 4) is 17.2 Å². The van der Waals surface area contributed by atoms with Crippen LogP contribution in [0.1, 0.15) is 22.7 Å². The molecule has 0 unspecified atom stereocenters. The van der Waals surface area contributed by atoms with Crippen molar-refractivity contribution in [2.24, 2.45) is 0 Å². The number of amides is 1. The minimum absolute atomic E-state index is 0.204. The molecular weight excluding hydrogens is 434 g/mol. The second-order valence-corrected chi connectivity index (χ2v) is 7.74. The van der Waals surface area contributed by atoms with Crippen molar-refractivity contribution < 1.29 is 23.4 Å². The molecule has 7 nitrogen and oxygen atoms in total. The lowest BCUT2D eigenvalue weighted by molar-refractivity contribution is -0.123. The molecule has 0 radical (unpaired) electrons. The molecule has 1 N–H and O–H groups in total. The van der Waals surface area contributed by atoms with E-state index in [0.29, 0.717) is 11.3 Å². The van der Waals surface area contributed by atoms with Crippen molar-refractivity contribution in [1.82, 2.24) is 5.32 Å². The van der Waals surface area contributed by atoms with Crippen LogP contribution in [-0.4, -0.2) is 26.7 Å². The van der Waals surface area contributed by atoms with E-state index < -0.39 is 11.7 Å². The van der Waals surface area contributed by atoms with Crippen molar-refractivity contribution in [1.29, 1.82) is 0 Å². The Morgan fingerprint density at radius 3 is 1.97 bits per heavy atom. The van der Waals surface area contributed by atoms with Gasteiger partial charge in [0, 0.05) is 17.5 Å². The minimum Gasteiger partial charge on any atom is -0.497 e. The van der Waals surface area contributed by atoms with E-state index in [-0.39, 0.29) is 12.5 Å². The lowest BCUT2D eigenvalue weighted by Gasteiger charge is -2.20. The van der Waals surface area contributed by atoms with Gasteiger partial charge < -0.3 is 23.9 Å². The predicted octanol–water partition coefficient (Wildman–Crippen LogP) is 4.40. The zero-order valence-corrected chi connectivity index (χ0v) is 19.2. The van der Waals surface area contributed by atoms with Crippen molar-refractivity contribution in [2.45, 2.75) is 13.0 Å². The van der Waals surface area contributed by atoms with Crippen LogP contribution in [0.2, 0.25) is 0 Å². The van der Waals surface area contributed by atoms with Gasteiger partial charge in [0.1, 0.15) is 22.8 Å². The second kappa shape index (κ2) is 10.1. The Hall–Kier alpha value is -4.26. The quantitative estimate of drug-likeness (QED) is 0.393. The lowest BCUT2D eigenvalue weighted by atomic mass is 9.98. The van der Waals surface area contributed by atoms with Crippen LogP contribution >= 0.6 is 0 Å². The van der Waals surface area contributed by atoms with Gasteiger partial charge in [0.2, 0.25) is 0 Å². The summed E-state index contributed by atoms with van der Waals surface area (Å²) in [7, 11) is 3.21. The van der Waals surface area contributed by atoms with Crippen LogP contribution in [0.5, 0.6) is 17.2 Å². The van der Waals surface area contributed by atoms with Gasteiger partial charge in [-0.05, 0) is 60.0 Å². The molecular formula is C27H25NO6. The Morgan fingerprint density at radius 2 is 1.41 bits per heavy atom. The average Bonchev–Trinajstić information content (AvgIpc) is 2.86. The molecule has 3 aromatic carbocycles. The van der Waals surface area contributed by atoms with Gasteiger partial charge >= 0.3 is 5.63 Å². The summed E-state index contributed by atoms with van der Waals surface area (Å²) in [6.07, 6.45) is 0. The molecule has 4 rings (SSSR count). The highest BCUT2D eigenvalue weighted by atomic mass is 16.5. The van der Waals surface area contributed by atoms with Crippen LogP contribution in [0, 0.1) is 6.92 Å². The molecule has 0 saturated carbocycles. The first-order valence-electron chi connectivity index (χ1n) is 10.7. The van der Waals surface area contributed by atoms with Gasteiger partial charge in [-0.2, -0.15) is 0 Å². The van der Waals surface area contributed by atoms with E-state index in [1.807, 2.05) is 55.5 Å². The number of hydrogen-bond acceptors (Lipinski definition) is 6. The molecule has 0 aliphatic carbocycles. The van der Waals surface area contributed by atoms with Gasteiger partial charge in [-0.1, -0.05) is 24.3 Å². The fourth-order valence-corrected chi connectivity index (χ4v) is 3.70. The molecule has 0 aliphatic rings. The number of rotatable bonds is 8. The van der Waals surface area contributed by atoms with Crippen LogP contribution in [0.3, 0.4) is 0 Å². The van der Waals surface area contributed by atoms with Gasteiger partial charge in [-0.25, -0.2) is 4.79 Å². The summed E-state index contributed by atoms with van der Waals surface area (Å²) in [5, 5.41) is 3.85. The van der Waals surface area contributed by atoms with Gasteiger partial charge in [0.05, 0.1) is 20.3 Å². The van der Waals surface area contributed by atoms with E-state index in [0.717, 1.165) is 33.6 Å². The summed E-state index contributed by atoms with van der Waals surface area (Å²) in [5.41, 5.74) is 2.58. The van der Waals surface area contributed by atoms with Crippen LogP contribution in [0.25, 0.3) is 11.0 Å². The monoisotopic (exact) mass is 459 g/mol. The second-order valence-electron chi connectivity index (χ2n) is 7.74. The van der Waals surface area contributed by atoms with Crippen LogP contribution in [-0.2, 0) is 4.79 Å².